The van der Waals surface area contributed by atoms with E-state index in [0.717, 1.165) is 5.56 Å². The van der Waals surface area contributed by atoms with Crippen molar-refractivity contribution in [1.29, 1.82) is 0 Å². The van der Waals surface area contributed by atoms with Gasteiger partial charge in [0.25, 0.3) is 0 Å². The van der Waals surface area contributed by atoms with E-state index in [9.17, 15) is 19.2 Å². The van der Waals surface area contributed by atoms with E-state index >= 15 is 0 Å². The predicted molar refractivity (Wildman–Crippen MR) is 110 cm³/mol. The first kappa shape index (κ1) is 24.0. The van der Waals surface area contributed by atoms with E-state index in [1.54, 1.807) is 20.8 Å². The minimum absolute atomic E-state index is 0.0875. The summed E-state index contributed by atoms with van der Waals surface area (Å²) in [7, 11) is 0. The zero-order valence-corrected chi connectivity index (χ0v) is 18.1. The third kappa shape index (κ3) is 8.93. The fourth-order valence-electron chi connectivity index (χ4n) is 2.78. The van der Waals surface area contributed by atoms with E-state index in [-0.39, 0.29) is 45.1 Å². The summed E-state index contributed by atoms with van der Waals surface area (Å²) in [4.78, 5) is 59.7. The lowest BCUT2D eigenvalue weighted by molar-refractivity contribution is -0.237. The maximum absolute atomic E-state index is 12.2. The van der Waals surface area contributed by atoms with Gasteiger partial charge in [0.1, 0.15) is 12.1 Å². The first-order valence-electron chi connectivity index (χ1n) is 10.1. The van der Waals surface area contributed by atoms with Crippen molar-refractivity contribution in [1.82, 2.24) is 15.1 Å². The zero-order valence-electron chi connectivity index (χ0n) is 18.1. The Morgan fingerprint density at radius 2 is 1.55 bits per heavy atom. The lowest BCUT2D eigenvalue weighted by Gasteiger charge is -2.33. The summed E-state index contributed by atoms with van der Waals surface area (Å²) in [6, 6.07) is 9.41. The summed E-state index contributed by atoms with van der Waals surface area (Å²) >= 11 is 0. The van der Waals surface area contributed by atoms with Crippen LogP contribution in [0, 0.1) is 0 Å². The van der Waals surface area contributed by atoms with Crippen LogP contribution < -0.4 is 5.32 Å². The Kier molecular flexibility index (Phi) is 8.65. The molecule has 0 unspecified atom stereocenters. The topological polar surface area (TPSA) is 114 Å². The van der Waals surface area contributed by atoms with E-state index in [1.165, 1.54) is 9.80 Å². The van der Waals surface area contributed by atoms with Crippen LogP contribution in [0.4, 0.5) is 9.59 Å². The molecule has 1 aromatic rings. The SMILES string of the molecule is CC(C)(C)OC(=O)NCC(=O)N1CCN(C(=O)OOC(=O)CCc2ccccc2)CC1. The van der Waals surface area contributed by atoms with Gasteiger partial charge in [-0.2, -0.15) is 0 Å². The van der Waals surface area contributed by atoms with Crippen molar-refractivity contribution in [3.05, 3.63) is 35.9 Å². The van der Waals surface area contributed by atoms with E-state index in [4.69, 9.17) is 4.74 Å². The molecule has 3 amide bonds. The molecule has 1 N–H and O–H groups in total. The summed E-state index contributed by atoms with van der Waals surface area (Å²) < 4.78 is 5.08. The Hall–Kier alpha value is -3.30. The standard InChI is InChI=1S/C21H29N3O7/c1-21(2,3)29-19(27)22-15-17(25)23-11-13-24(14-12-23)20(28)31-30-18(26)10-9-16-7-5-4-6-8-16/h4-8H,9-15H2,1-3H3,(H,22,27). The number of aryl methyl sites for hydroxylation is 1. The van der Waals surface area contributed by atoms with Gasteiger partial charge >= 0.3 is 18.2 Å². The smallest absolute Gasteiger partial charge is 0.444 e. The van der Waals surface area contributed by atoms with Crippen LogP contribution >= 0.6 is 0 Å². The van der Waals surface area contributed by atoms with Gasteiger partial charge in [0, 0.05) is 26.2 Å². The number of nitrogens with zero attached hydrogens (tertiary/aromatic N) is 2. The molecule has 0 aliphatic carbocycles. The molecule has 1 aliphatic rings. The fourth-order valence-corrected chi connectivity index (χ4v) is 2.78. The van der Waals surface area contributed by atoms with Crippen molar-refractivity contribution >= 4 is 24.1 Å². The largest absolute Gasteiger partial charge is 0.453 e. The number of carbonyl (C=O) groups is 4. The third-order valence-corrected chi connectivity index (χ3v) is 4.34. The third-order valence-electron chi connectivity index (χ3n) is 4.34. The monoisotopic (exact) mass is 435 g/mol. The summed E-state index contributed by atoms with van der Waals surface area (Å²) in [5.74, 6) is -0.926. The maximum atomic E-state index is 12.2. The normalized spacial score (nSPS) is 13.9. The molecule has 10 nitrogen and oxygen atoms in total. The molecule has 1 fully saturated rings. The molecule has 0 spiro atoms. The lowest BCUT2D eigenvalue weighted by atomic mass is 10.1. The van der Waals surface area contributed by atoms with Crippen molar-refractivity contribution in [3.8, 4) is 0 Å². The van der Waals surface area contributed by atoms with E-state index in [2.05, 4.69) is 15.1 Å². The van der Waals surface area contributed by atoms with Gasteiger partial charge < -0.3 is 19.9 Å². The molecule has 2 rings (SSSR count). The Morgan fingerprint density at radius 3 is 2.16 bits per heavy atom. The maximum Gasteiger partial charge on any atom is 0.453 e. The molecule has 1 aromatic carbocycles. The molecule has 170 valence electrons. The number of carbonyl (C=O) groups excluding carboxylic acids is 4. The molecule has 1 aliphatic heterocycles. The van der Waals surface area contributed by atoms with Crippen LogP contribution in [0.2, 0.25) is 0 Å². The second kappa shape index (κ2) is 11.2. The van der Waals surface area contributed by atoms with Gasteiger partial charge in [-0.25, -0.2) is 24.2 Å². The average molecular weight is 435 g/mol. The minimum Gasteiger partial charge on any atom is -0.444 e. The van der Waals surface area contributed by atoms with Gasteiger partial charge in [-0.1, -0.05) is 30.3 Å². The molecule has 0 atom stereocenters. The minimum atomic E-state index is -0.785. The Bertz CT molecular complexity index is 769. The highest BCUT2D eigenvalue weighted by atomic mass is 17.2. The summed E-state index contributed by atoms with van der Waals surface area (Å²) in [6.07, 6.45) is -0.885. The number of ether oxygens (including phenoxy) is 1. The summed E-state index contributed by atoms with van der Waals surface area (Å²) in [6.45, 7) is 5.97. The number of rotatable bonds is 5. The van der Waals surface area contributed by atoms with Crippen molar-refractivity contribution < 1.29 is 33.7 Å². The van der Waals surface area contributed by atoms with Crippen LogP contribution in [-0.2, 0) is 30.5 Å². The van der Waals surface area contributed by atoms with Crippen LogP contribution in [0.5, 0.6) is 0 Å². The van der Waals surface area contributed by atoms with Gasteiger partial charge in [0.15, 0.2) is 0 Å². The van der Waals surface area contributed by atoms with Crippen molar-refractivity contribution in [3.63, 3.8) is 0 Å². The molecule has 1 saturated heterocycles. The Labute approximate surface area is 181 Å². The molecule has 0 bridgehead atoms. The molecule has 0 aromatic heterocycles. The molecule has 10 heteroatoms. The molecular weight excluding hydrogens is 406 g/mol. The zero-order chi connectivity index (χ0) is 22.9. The van der Waals surface area contributed by atoms with Gasteiger partial charge in [-0.3, -0.25) is 4.79 Å². The second-order valence-electron chi connectivity index (χ2n) is 8.01. The highest BCUT2D eigenvalue weighted by Crippen LogP contribution is 2.08. The number of piperazine rings is 1. The first-order valence-corrected chi connectivity index (χ1v) is 10.1. The first-order chi connectivity index (χ1) is 14.6. The number of benzene rings is 1. The van der Waals surface area contributed by atoms with Gasteiger partial charge in [-0.15, -0.1) is 0 Å². The summed E-state index contributed by atoms with van der Waals surface area (Å²) in [5, 5.41) is 2.41. The average Bonchev–Trinajstić information content (AvgIpc) is 2.74. The van der Waals surface area contributed by atoms with Gasteiger partial charge in [0.2, 0.25) is 5.91 Å². The second-order valence-corrected chi connectivity index (χ2v) is 8.01. The van der Waals surface area contributed by atoms with E-state index in [0.29, 0.717) is 6.42 Å². The molecule has 31 heavy (non-hydrogen) atoms. The predicted octanol–water partition coefficient (Wildman–Crippen LogP) is 1.88. The molecule has 0 radical (unpaired) electrons. The number of amides is 3. The number of nitrogens with one attached hydrogen (secondary N) is 1. The molecule has 0 saturated carbocycles. The van der Waals surface area contributed by atoms with Crippen LogP contribution in [0.15, 0.2) is 30.3 Å². The van der Waals surface area contributed by atoms with Crippen molar-refractivity contribution in [2.75, 3.05) is 32.7 Å². The Balaban J connectivity index is 1.63. The van der Waals surface area contributed by atoms with Crippen LogP contribution in [0.3, 0.4) is 0 Å². The molecule has 1 heterocycles. The molecular formula is C21H29N3O7. The van der Waals surface area contributed by atoms with E-state index in [1.807, 2.05) is 30.3 Å². The number of hydrogen-bond acceptors (Lipinski definition) is 7. The highest BCUT2D eigenvalue weighted by Gasteiger charge is 2.27. The van der Waals surface area contributed by atoms with Crippen LogP contribution in [0.1, 0.15) is 32.8 Å². The lowest BCUT2D eigenvalue weighted by Crippen LogP contribution is -2.53. The number of hydrogen-bond donors (Lipinski definition) is 1. The fraction of sp³-hybridized carbons (Fsp3) is 0.524. The Morgan fingerprint density at radius 1 is 0.935 bits per heavy atom. The van der Waals surface area contributed by atoms with Gasteiger partial charge in [-0.05, 0) is 32.8 Å². The van der Waals surface area contributed by atoms with Gasteiger partial charge in [0.05, 0.1) is 6.42 Å². The van der Waals surface area contributed by atoms with Crippen LogP contribution in [0.25, 0.3) is 0 Å². The van der Waals surface area contributed by atoms with E-state index < -0.39 is 23.8 Å². The highest BCUT2D eigenvalue weighted by molar-refractivity contribution is 5.82. The summed E-state index contributed by atoms with van der Waals surface area (Å²) in [5.41, 5.74) is 0.331. The number of alkyl carbamates (subject to hydrolysis) is 1. The van der Waals surface area contributed by atoms with Crippen LogP contribution in [-0.4, -0.2) is 72.2 Å². The quantitative estimate of drug-likeness (QED) is 0.555. The van der Waals surface area contributed by atoms with Crippen molar-refractivity contribution in [2.45, 2.75) is 39.2 Å². The van der Waals surface area contributed by atoms with Crippen molar-refractivity contribution in [2.24, 2.45) is 0 Å².